The summed E-state index contributed by atoms with van der Waals surface area (Å²) >= 11 is 0. The molecule has 4 rings (SSSR count). The van der Waals surface area contributed by atoms with Crippen molar-refractivity contribution in [1.82, 2.24) is 20.5 Å². The van der Waals surface area contributed by atoms with Crippen LogP contribution in [0.2, 0.25) is 0 Å². The van der Waals surface area contributed by atoms with E-state index in [-0.39, 0.29) is 5.91 Å². The number of para-hydroxylation sites is 1. The second kappa shape index (κ2) is 6.93. The Hall–Kier alpha value is -2.89. The average Bonchev–Trinajstić information content (AvgIpc) is 3.11. The van der Waals surface area contributed by atoms with Crippen molar-refractivity contribution in [3.8, 4) is 0 Å². The fourth-order valence-electron chi connectivity index (χ4n) is 3.35. The minimum Gasteiger partial charge on any atom is -0.356 e. The van der Waals surface area contributed by atoms with E-state index in [1.807, 2.05) is 42.6 Å². The number of carbonyl (C=O) groups excluding carboxylic acids is 1. The highest BCUT2D eigenvalue weighted by molar-refractivity contribution is 6.04. The Morgan fingerprint density at radius 2 is 1.96 bits per heavy atom. The second-order valence-electron chi connectivity index (χ2n) is 6.33. The summed E-state index contributed by atoms with van der Waals surface area (Å²) in [4.78, 5) is 19.4. The van der Waals surface area contributed by atoms with Crippen molar-refractivity contribution in [2.75, 3.05) is 18.0 Å². The molecule has 0 atom stereocenters. The molecule has 0 unspecified atom stereocenters. The summed E-state index contributed by atoms with van der Waals surface area (Å²) in [5.41, 5.74) is 2.33. The molecule has 0 bridgehead atoms. The van der Waals surface area contributed by atoms with Crippen LogP contribution in [0.5, 0.6) is 0 Å². The van der Waals surface area contributed by atoms with Gasteiger partial charge in [-0.25, -0.2) is 4.98 Å². The first-order chi connectivity index (χ1) is 12.3. The number of fused-ring (bicyclic) bond motifs is 1. The Balaban J connectivity index is 1.50. The number of nitrogens with zero attached hydrogens (tertiary/aromatic N) is 3. The number of aromatic amines is 1. The van der Waals surface area contributed by atoms with Gasteiger partial charge in [0.1, 0.15) is 5.82 Å². The molecule has 128 valence electrons. The van der Waals surface area contributed by atoms with E-state index in [1.165, 1.54) is 19.3 Å². The van der Waals surface area contributed by atoms with Gasteiger partial charge in [0.25, 0.3) is 5.91 Å². The van der Waals surface area contributed by atoms with E-state index >= 15 is 0 Å². The lowest BCUT2D eigenvalue weighted by Gasteiger charge is -2.29. The van der Waals surface area contributed by atoms with Gasteiger partial charge in [0.2, 0.25) is 0 Å². The van der Waals surface area contributed by atoms with Crippen LogP contribution in [0.1, 0.15) is 35.3 Å². The van der Waals surface area contributed by atoms with Gasteiger partial charge in [0.15, 0.2) is 5.69 Å². The zero-order valence-corrected chi connectivity index (χ0v) is 14.0. The number of carbonyl (C=O) groups is 1. The molecule has 3 aromatic rings. The molecule has 0 spiro atoms. The summed E-state index contributed by atoms with van der Waals surface area (Å²) in [6.45, 7) is 2.50. The molecular formula is C19H21N5O. The van der Waals surface area contributed by atoms with E-state index in [9.17, 15) is 4.79 Å². The van der Waals surface area contributed by atoms with Crippen LogP contribution < -0.4 is 10.2 Å². The molecule has 0 saturated carbocycles. The molecule has 1 saturated heterocycles. The maximum atomic E-state index is 12.6. The predicted octanol–water partition coefficient (Wildman–Crippen LogP) is 2.88. The number of amides is 1. The zero-order chi connectivity index (χ0) is 17.1. The van der Waals surface area contributed by atoms with Crippen LogP contribution >= 0.6 is 0 Å². The molecule has 1 aromatic carbocycles. The number of nitrogens with one attached hydrogen (secondary N) is 2. The number of H-pyrrole nitrogens is 1. The third-order valence-corrected chi connectivity index (χ3v) is 4.65. The van der Waals surface area contributed by atoms with Crippen molar-refractivity contribution in [3.63, 3.8) is 0 Å². The van der Waals surface area contributed by atoms with Crippen LogP contribution in [0.15, 0.2) is 42.6 Å². The molecule has 3 heterocycles. The number of pyridine rings is 1. The van der Waals surface area contributed by atoms with Crippen molar-refractivity contribution in [1.29, 1.82) is 0 Å². The second-order valence-corrected chi connectivity index (χ2v) is 6.33. The van der Waals surface area contributed by atoms with Crippen molar-refractivity contribution in [2.24, 2.45) is 0 Å². The molecule has 1 aliphatic rings. The monoisotopic (exact) mass is 335 g/mol. The molecule has 2 aromatic heterocycles. The van der Waals surface area contributed by atoms with Gasteiger partial charge in [-0.1, -0.05) is 24.3 Å². The molecule has 0 aliphatic carbocycles. The third-order valence-electron chi connectivity index (χ3n) is 4.65. The minimum absolute atomic E-state index is 0.175. The van der Waals surface area contributed by atoms with Gasteiger partial charge in [-0.2, -0.15) is 5.10 Å². The Morgan fingerprint density at radius 3 is 2.84 bits per heavy atom. The fourth-order valence-corrected chi connectivity index (χ4v) is 3.35. The van der Waals surface area contributed by atoms with Crippen molar-refractivity contribution in [3.05, 3.63) is 53.9 Å². The summed E-state index contributed by atoms with van der Waals surface area (Å²) in [5.74, 6) is 0.806. The van der Waals surface area contributed by atoms with Crippen molar-refractivity contribution in [2.45, 2.75) is 25.8 Å². The van der Waals surface area contributed by atoms with Crippen LogP contribution in [0, 0.1) is 0 Å². The molecular weight excluding hydrogens is 314 g/mol. The quantitative estimate of drug-likeness (QED) is 0.769. The molecule has 0 radical (unpaired) electrons. The van der Waals surface area contributed by atoms with E-state index in [2.05, 4.69) is 25.4 Å². The van der Waals surface area contributed by atoms with E-state index in [1.54, 1.807) is 0 Å². The van der Waals surface area contributed by atoms with E-state index < -0.39 is 0 Å². The molecule has 25 heavy (non-hydrogen) atoms. The SMILES string of the molecule is O=C(NCc1cccnc1N1CCCCC1)c1n[nH]c2ccccc12. The number of hydrogen-bond acceptors (Lipinski definition) is 4. The molecule has 6 heteroatoms. The molecule has 2 N–H and O–H groups in total. The van der Waals surface area contributed by atoms with Crippen LogP contribution in [-0.2, 0) is 6.54 Å². The van der Waals surface area contributed by atoms with Gasteiger partial charge in [-0.05, 0) is 31.4 Å². The fraction of sp³-hybridized carbons (Fsp3) is 0.316. The summed E-state index contributed by atoms with van der Waals surface area (Å²) in [6.07, 6.45) is 5.49. The number of anilines is 1. The number of hydrogen-bond donors (Lipinski definition) is 2. The number of rotatable bonds is 4. The van der Waals surface area contributed by atoms with Crippen molar-refractivity contribution >= 4 is 22.6 Å². The standard InChI is InChI=1S/C19H21N5O/c25-19(17-15-8-2-3-9-16(15)22-23-17)21-13-14-7-6-10-20-18(14)24-11-4-1-5-12-24/h2-3,6-10H,1,4-5,11-13H2,(H,21,25)(H,22,23). The maximum absolute atomic E-state index is 12.6. The van der Waals surface area contributed by atoms with E-state index in [0.29, 0.717) is 12.2 Å². The molecule has 1 aliphatic heterocycles. The first kappa shape index (κ1) is 15.6. The van der Waals surface area contributed by atoms with Crippen molar-refractivity contribution < 1.29 is 4.79 Å². The molecule has 1 fully saturated rings. The first-order valence-corrected chi connectivity index (χ1v) is 8.73. The first-order valence-electron chi connectivity index (χ1n) is 8.73. The highest BCUT2D eigenvalue weighted by atomic mass is 16.1. The Morgan fingerprint density at radius 1 is 1.12 bits per heavy atom. The third kappa shape index (κ3) is 3.20. The van der Waals surface area contributed by atoms with Crippen LogP contribution in [0.4, 0.5) is 5.82 Å². The molecule has 1 amide bonds. The predicted molar refractivity (Wildman–Crippen MR) is 97.6 cm³/mol. The molecule has 6 nitrogen and oxygen atoms in total. The van der Waals surface area contributed by atoms with Gasteiger partial charge < -0.3 is 10.2 Å². The summed E-state index contributed by atoms with van der Waals surface area (Å²) < 4.78 is 0. The number of piperidine rings is 1. The minimum atomic E-state index is -0.175. The number of aromatic nitrogens is 3. The Labute approximate surface area is 146 Å². The maximum Gasteiger partial charge on any atom is 0.272 e. The van der Waals surface area contributed by atoms with Crippen LogP contribution in [0.3, 0.4) is 0 Å². The summed E-state index contributed by atoms with van der Waals surface area (Å²) in [6, 6.07) is 11.6. The summed E-state index contributed by atoms with van der Waals surface area (Å²) in [7, 11) is 0. The number of benzene rings is 1. The normalized spacial score (nSPS) is 14.6. The van der Waals surface area contributed by atoms with Gasteiger partial charge in [0.05, 0.1) is 5.52 Å². The lowest BCUT2D eigenvalue weighted by Crippen LogP contribution is -2.32. The van der Waals surface area contributed by atoms with E-state index in [4.69, 9.17) is 0 Å². The average molecular weight is 335 g/mol. The van der Waals surface area contributed by atoms with Gasteiger partial charge >= 0.3 is 0 Å². The topological polar surface area (TPSA) is 73.9 Å². The van der Waals surface area contributed by atoms with Crippen LogP contribution in [0.25, 0.3) is 10.9 Å². The Kier molecular flexibility index (Phi) is 4.33. The summed E-state index contributed by atoms with van der Waals surface area (Å²) in [5, 5.41) is 10.9. The van der Waals surface area contributed by atoms with E-state index in [0.717, 1.165) is 35.4 Å². The highest BCUT2D eigenvalue weighted by Crippen LogP contribution is 2.22. The lowest BCUT2D eigenvalue weighted by molar-refractivity contribution is 0.0947. The smallest absolute Gasteiger partial charge is 0.272 e. The van der Waals surface area contributed by atoms with Gasteiger partial charge in [-0.3, -0.25) is 9.89 Å². The lowest BCUT2D eigenvalue weighted by atomic mass is 10.1. The zero-order valence-electron chi connectivity index (χ0n) is 14.0. The van der Waals surface area contributed by atoms with Crippen LogP contribution in [-0.4, -0.2) is 34.2 Å². The Bertz CT molecular complexity index is 882. The highest BCUT2D eigenvalue weighted by Gasteiger charge is 2.17. The van der Waals surface area contributed by atoms with Gasteiger partial charge in [0, 0.05) is 36.8 Å². The van der Waals surface area contributed by atoms with Gasteiger partial charge in [-0.15, -0.1) is 0 Å². The largest absolute Gasteiger partial charge is 0.356 e.